The smallest absolute Gasteiger partial charge is 0.228 e. The van der Waals surface area contributed by atoms with Crippen molar-refractivity contribution < 1.29 is 9.90 Å². The molecule has 1 amide bonds. The van der Waals surface area contributed by atoms with Crippen LogP contribution in [0.1, 0.15) is 12.0 Å². The number of hydrogen-bond acceptors (Lipinski definition) is 2. The van der Waals surface area contributed by atoms with Crippen molar-refractivity contribution in [2.24, 2.45) is 0 Å². The summed E-state index contributed by atoms with van der Waals surface area (Å²) in [6, 6.07) is 5.35. The molecule has 1 aliphatic rings. The number of benzene rings is 1. The van der Waals surface area contributed by atoms with Gasteiger partial charge in [-0.25, -0.2) is 0 Å². The first-order valence-corrected chi connectivity index (χ1v) is 5.26. The molecule has 0 bridgehead atoms. The van der Waals surface area contributed by atoms with E-state index in [-0.39, 0.29) is 17.0 Å². The van der Waals surface area contributed by atoms with Gasteiger partial charge in [0, 0.05) is 13.0 Å². The highest BCUT2D eigenvalue weighted by Crippen LogP contribution is 2.33. The van der Waals surface area contributed by atoms with Crippen molar-refractivity contribution in [1.82, 2.24) is 0 Å². The van der Waals surface area contributed by atoms with Crippen LogP contribution in [-0.4, -0.2) is 22.9 Å². The van der Waals surface area contributed by atoms with Crippen LogP contribution in [0.2, 0.25) is 0 Å². The van der Waals surface area contributed by atoms with Gasteiger partial charge in [-0.15, -0.1) is 11.6 Å². The molecule has 0 saturated carbocycles. The standard InChI is InChI=1S/C11H12ClNO2/c1-7-3-2-4-9(11(7)15)13-6-8(12)5-10(13)14/h2-4,8,15H,5-6H2,1H3. The minimum Gasteiger partial charge on any atom is -0.505 e. The fourth-order valence-corrected chi connectivity index (χ4v) is 2.03. The molecule has 1 aromatic carbocycles. The number of carbonyl (C=O) groups excluding carboxylic acids is 1. The van der Waals surface area contributed by atoms with Crippen LogP contribution in [0.5, 0.6) is 5.75 Å². The third kappa shape index (κ3) is 1.79. The van der Waals surface area contributed by atoms with Crippen LogP contribution in [0.15, 0.2) is 18.2 Å². The van der Waals surface area contributed by atoms with E-state index >= 15 is 0 Å². The normalized spacial score (nSPS) is 21.1. The molecule has 80 valence electrons. The van der Waals surface area contributed by atoms with E-state index < -0.39 is 0 Å². The van der Waals surface area contributed by atoms with Crippen molar-refractivity contribution in [2.45, 2.75) is 18.7 Å². The zero-order valence-corrected chi connectivity index (χ0v) is 9.16. The Balaban J connectivity index is 2.38. The number of aromatic hydroxyl groups is 1. The molecule has 2 rings (SSSR count). The number of phenolic OH excluding ortho intramolecular Hbond substituents is 1. The molecule has 1 saturated heterocycles. The Morgan fingerprint density at radius 2 is 2.27 bits per heavy atom. The van der Waals surface area contributed by atoms with Crippen LogP contribution in [0.4, 0.5) is 5.69 Å². The van der Waals surface area contributed by atoms with E-state index in [9.17, 15) is 9.90 Å². The van der Waals surface area contributed by atoms with Crippen LogP contribution in [0.25, 0.3) is 0 Å². The van der Waals surface area contributed by atoms with Crippen LogP contribution < -0.4 is 4.90 Å². The van der Waals surface area contributed by atoms with Gasteiger partial charge < -0.3 is 10.0 Å². The second kappa shape index (κ2) is 3.74. The summed E-state index contributed by atoms with van der Waals surface area (Å²) in [7, 11) is 0. The van der Waals surface area contributed by atoms with Crippen molar-refractivity contribution >= 4 is 23.2 Å². The van der Waals surface area contributed by atoms with Gasteiger partial charge in [-0.1, -0.05) is 12.1 Å². The van der Waals surface area contributed by atoms with E-state index in [0.29, 0.717) is 18.7 Å². The Morgan fingerprint density at radius 1 is 1.53 bits per heavy atom. The summed E-state index contributed by atoms with van der Waals surface area (Å²) in [5, 5.41) is 9.67. The topological polar surface area (TPSA) is 40.5 Å². The first-order valence-electron chi connectivity index (χ1n) is 4.82. The Bertz CT molecular complexity index is 406. The maximum absolute atomic E-state index is 11.6. The number of carbonyl (C=O) groups is 1. The lowest BCUT2D eigenvalue weighted by molar-refractivity contribution is -0.117. The van der Waals surface area contributed by atoms with Gasteiger partial charge in [0.1, 0.15) is 5.75 Å². The number of alkyl halides is 1. The van der Waals surface area contributed by atoms with Crippen LogP contribution in [0, 0.1) is 6.92 Å². The summed E-state index contributed by atoms with van der Waals surface area (Å²) >= 11 is 5.90. The first-order chi connectivity index (χ1) is 7.09. The zero-order valence-electron chi connectivity index (χ0n) is 8.40. The maximum Gasteiger partial charge on any atom is 0.228 e. The molecule has 0 aromatic heterocycles. The van der Waals surface area contributed by atoms with Gasteiger partial charge in [0.25, 0.3) is 0 Å². The molecule has 0 radical (unpaired) electrons. The number of nitrogens with zero attached hydrogens (tertiary/aromatic N) is 1. The van der Waals surface area contributed by atoms with Gasteiger partial charge in [0.15, 0.2) is 0 Å². The third-order valence-electron chi connectivity index (χ3n) is 2.59. The van der Waals surface area contributed by atoms with E-state index in [1.54, 1.807) is 24.0 Å². The van der Waals surface area contributed by atoms with Crippen LogP contribution >= 0.6 is 11.6 Å². The fraction of sp³-hybridized carbons (Fsp3) is 0.364. The minimum atomic E-state index is -0.155. The van der Waals surface area contributed by atoms with Crippen LogP contribution in [-0.2, 0) is 4.79 Å². The largest absolute Gasteiger partial charge is 0.505 e. The lowest BCUT2D eigenvalue weighted by atomic mass is 10.2. The van der Waals surface area contributed by atoms with Gasteiger partial charge in [0.05, 0.1) is 11.1 Å². The number of amides is 1. The second-order valence-corrected chi connectivity index (χ2v) is 4.37. The third-order valence-corrected chi connectivity index (χ3v) is 2.88. The Morgan fingerprint density at radius 3 is 2.87 bits per heavy atom. The average Bonchev–Trinajstić information content (AvgIpc) is 2.50. The highest BCUT2D eigenvalue weighted by atomic mass is 35.5. The quantitative estimate of drug-likeness (QED) is 0.744. The predicted molar refractivity (Wildman–Crippen MR) is 59.5 cm³/mol. The number of para-hydroxylation sites is 1. The molecule has 1 atom stereocenters. The van der Waals surface area contributed by atoms with E-state index in [4.69, 9.17) is 11.6 Å². The molecule has 1 aromatic rings. The number of aryl methyl sites for hydroxylation is 1. The van der Waals surface area contributed by atoms with Crippen molar-refractivity contribution in [1.29, 1.82) is 0 Å². The van der Waals surface area contributed by atoms with Gasteiger partial charge in [0.2, 0.25) is 5.91 Å². The molecule has 3 nitrogen and oxygen atoms in total. The molecule has 1 unspecified atom stereocenters. The SMILES string of the molecule is Cc1cccc(N2CC(Cl)CC2=O)c1O. The molecule has 4 heteroatoms. The number of halogens is 1. The number of anilines is 1. The Labute approximate surface area is 93.3 Å². The van der Waals surface area contributed by atoms with Gasteiger partial charge >= 0.3 is 0 Å². The monoisotopic (exact) mass is 225 g/mol. The van der Waals surface area contributed by atoms with Crippen LogP contribution in [0.3, 0.4) is 0 Å². The summed E-state index contributed by atoms with van der Waals surface area (Å²) in [6.07, 6.45) is 0.342. The van der Waals surface area contributed by atoms with Crippen molar-refractivity contribution in [3.8, 4) is 5.75 Å². The lowest BCUT2D eigenvalue weighted by Crippen LogP contribution is -2.24. The highest BCUT2D eigenvalue weighted by molar-refractivity contribution is 6.24. The van der Waals surface area contributed by atoms with E-state index in [1.807, 2.05) is 6.07 Å². The second-order valence-electron chi connectivity index (χ2n) is 3.75. The molecule has 15 heavy (non-hydrogen) atoms. The highest BCUT2D eigenvalue weighted by Gasteiger charge is 2.30. The summed E-state index contributed by atoms with van der Waals surface area (Å²) < 4.78 is 0. The maximum atomic E-state index is 11.6. The van der Waals surface area contributed by atoms with E-state index in [1.165, 1.54) is 0 Å². The molecule has 1 fully saturated rings. The number of rotatable bonds is 1. The van der Waals surface area contributed by atoms with Gasteiger partial charge in [-0.3, -0.25) is 4.79 Å². The molecule has 1 N–H and O–H groups in total. The van der Waals surface area contributed by atoms with Crippen molar-refractivity contribution in [3.05, 3.63) is 23.8 Å². The van der Waals surface area contributed by atoms with E-state index in [2.05, 4.69) is 0 Å². The molecule has 0 aliphatic carbocycles. The molecular formula is C11H12ClNO2. The molecule has 0 spiro atoms. The Hall–Kier alpha value is -1.22. The lowest BCUT2D eigenvalue weighted by Gasteiger charge is -2.18. The molecule has 1 heterocycles. The fourth-order valence-electron chi connectivity index (χ4n) is 1.76. The minimum absolute atomic E-state index is 0.0316. The molecule has 1 aliphatic heterocycles. The summed E-state index contributed by atoms with van der Waals surface area (Å²) in [6.45, 7) is 2.27. The van der Waals surface area contributed by atoms with E-state index in [0.717, 1.165) is 5.56 Å². The predicted octanol–water partition coefficient (Wildman–Crippen LogP) is 2.04. The summed E-state index contributed by atoms with van der Waals surface area (Å²) in [5.41, 5.74) is 1.32. The van der Waals surface area contributed by atoms with Gasteiger partial charge in [-0.05, 0) is 18.6 Å². The number of hydrogen-bond donors (Lipinski definition) is 1. The Kier molecular flexibility index (Phi) is 2.57. The summed E-state index contributed by atoms with van der Waals surface area (Å²) in [5.74, 6) is 0.132. The van der Waals surface area contributed by atoms with Crippen molar-refractivity contribution in [2.75, 3.05) is 11.4 Å². The zero-order chi connectivity index (χ0) is 11.0. The van der Waals surface area contributed by atoms with Crippen molar-refractivity contribution in [3.63, 3.8) is 0 Å². The summed E-state index contributed by atoms with van der Waals surface area (Å²) in [4.78, 5) is 13.1. The van der Waals surface area contributed by atoms with Gasteiger partial charge in [-0.2, -0.15) is 0 Å². The number of phenols is 1. The average molecular weight is 226 g/mol. The molecular weight excluding hydrogens is 214 g/mol. The first kappa shape index (κ1) is 10.3.